The van der Waals surface area contributed by atoms with E-state index in [0.29, 0.717) is 11.8 Å². The number of amides is 1. The maximum absolute atomic E-state index is 12.1. The van der Waals surface area contributed by atoms with Crippen molar-refractivity contribution in [1.82, 2.24) is 10.2 Å². The maximum atomic E-state index is 12.1. The monoisotopic (exact) mass is 224 g/mol. The molecule has 0 bridgehead atoms. The van der Waals surface area contributed by atoms with Gasteiger partial charge in [-0.25, -0.2) is 0 Å². The molecule has 2 aliphatic rings. The first-order valence-electron chi connectivity index (χ1n) is 6.74. The normalized spacial score (nSPS) is 28.1. The largest absolute Gasteiger partial charge is 0.343 e. The van der Waals surface area contributed by atoms with Crippen LogP contribution in [0.15, 0.2) is 0 Å². The van der Waals surface area contributed by atoms with Crippen LogP contribution in [0, 0.1) is 11.8 Å². The molecule has 0 aromatic carbocycles. The van der Waals surface area contributed by atoms with Crippen LogP contribution in [-0.4, -0.2) is 37.0 Å². The Kier molecular flexibility index (Phi) is 4.22. The van der Waals surface area contributed by atoms with Crippen LogP contribution in [0.3, 0.4) is 0 Å². The molecular formula is C13H24N2O. The molecule has 2 rings (SSSR count). The van der Waals surface area contributed by atoms with E-state index < -0.39 is 0 Å². The van der Waals surface area contributed by atoms with Gasteiger partial charge in [-0.05, 0) is 50.6 Å². The van der Waals surface area contributed by atoms with Gasteiger partial charge < -0.3 is 10.2 Å². The Balaban J connectivity index is 1.74. The van der Waals surface area contributed by atoms with E-state index in [2.05, 4.69) is 17.1 Å². The molecule has 1 amide bonds. The second kappa shape index (κ2) is 5.67. The summed E-state index contributed by atoms with van der Waals surface area (Å²) < 4.78 is 0. The summed E-state index contributed by atoms with van der Waals surface area (Å²) in [5, 5.41) is 3.38. The molecule has 3 nitrogen and oxygen atoms in total. The van der Waals surface area contributed by atoms with Gasteiger partial charge in [0, 0.05) is 19.5 Å². The van der Waals surface area contributed by atoms with E-state index in [1.165, 1.54) is 25.7 Å². The van der Waals surface area contributed by atoms with E-state index in [-0.39, 0.29) is 0 Å². The van der Waals surface area contributed by atoms with E-state index in [1.807, 2.05) is 0 Å². The third-order valence-corrected chi connectivity index (χ3v) is 4.00. The molecule has 1 unspecified atom stereocenters. The van der Waals surface area contributed by atoms with Gasteiger partial charge in [0.05, 0.1) is 0 Å². The molecule has 1 atom stereocenters. The van der Waals surface area contributed by atoms with Crippen LogP contribution in [0.5, 0.6) is 0 Å². The Labute approximate surface area is 98.6 Å². The summed E-state index contributed by atoms with van der Waals surface area (Å²) in [6.45, 7) is 6.43. The molecule has 92 valence electrons. The Morgan fingerprint density at radius 2 is 2.06 bits per heavy atom. The molecule has 16 heavy (non-hydrogen) atoms. The molecule has 2 aliphatic heterocycles. The lowest BCUT2D eigenvalue weighted by atomic mass is 9.94. The third kappa shape index (κ3) is 3.21. The van der Waals surface area contributed by atoms with Crippen molar-refractivity contribution in [3.05, 3.63) is 0 Å². The fourth-order valence-electron chi connectivity index (χ4n) is 2.73. The van der Waals surface area contributed by atoms with Crippen molar-refractivity contribution >= 4 is 5.91 Å². The summed E-state index contributed by atoms with van der Waals surface area (Å²) in [6, 6.07) is 0. The van der Waals surface area contributed by atoms with Gasteiger partial charge in [-0.15, -0.1) is 0 Å². The highest BCUT2D eigenvalue weighted by atomic mass is 16.2. The minimum Gasteiger partial charge on any atom is -0.343 e. The molecule has 0 aromatic heterocycles. The molecule has 0 saturated carbocycles. The highest BCUT2D eigenvalue weighted by molar-refractivity contribution is 5.76. The highest BCUT2D eigenvalue weighted by Crippen LogP contribution is 2.20. The summed E-state index contributed by atoms with van der Waals surface area (Å²) in [7, 11) is 0. The van der Waals surface area contributed by atoms with Crippen molar-refractivity contribution in [2.75, 3.05) is 26.2 Å². The molecule has 0 spiro atoms. The minimum atomic E-state index is 0.389. The van der Waals surface area contributed by atoms with Crippen molar-refractivity contribution in [2.45, 2.75) is 39.0 Å². The van der Waals surface area contributed by atoms with Crippen LogP contribution in [0.2, 0.25) is 0 Å². The summed E-state index contributed by atoms with van der Waals surface area (Å²) >= 11 is 0. The quantitative estimate of drug-likeness (QED) is 0.773. The number of carbonyl (C=O) groups excluding carboxylic acids is 1. The third-order valence-electron chi connectivity index (χ3n) is 4.00. The van der Waals surface area contributed by atoms with Crippen molar-refractivity contribution in [3.63, 3.8) is 0 Å². The molecule has 2 heterocycles. The van der Waals surface area contributed by atoms with Crippen molar-refractivity contribution < 1.29 is 4.79 Å². The second-order valence-electron chi connectivity index (χ2n) is 5.48. The molecule has 1 N–H and O–H groups in total. The Morgan fingerprint density at radius 1 is 1.31 bits per heavy atom. The van der Waals surface area contributed by atoms with E-state index in [9.17, 15) is 4.79 Å². The zero-order chi connectivity index (χ0) is 11.4. The van der Waals surface area contributed by atoms with Gasteiger partial charge in [-0.3, -0.25) is 4.79 Å². The molecule has 0 aromatic rings. The highest BCUT2D eigenvalue weighted by Gasteiger charge is 2.23. The molecule has 2 fully saturated rings. The average molecular weight is 224 g/mol. The Bertz CT molecular complexity index is 228. The summed E-state index contributed by atoms with van der Waals surface area (Å²) in [5.41, 5.74) is 0. The first-order chi connectivity index (χ1) is 7.75. The van der Waals surface area contributed by atoms with E-state index in [1.54, 1.807) is 0 Å². The van der Waals surface area contributed by atoms with Gasteiger partial charge in [-0.2, -0.15) is 0 Å². The number of piperidine rings is 2. The fraction of sp³-hybridized carbons (Fsp3) is 0.923. The lowest BCUT2D eigenvalue weighted by molar-refractivity contribution is -0.133. The van der Waals surface area contributed by atoms with Crippen molar-refractivity contribution in [2.24, 2.45) is 11.8 Å². The first kappa shape index (κ1) is 11.9. The summed E-state index contributed by atoms with van der Waals surface area (Å²) in [6.07, 6.45) is 5.60. The van der Waals surface area contributed by atoms with Gasteiger partial charge >= 0.3 is 0 Å². The lowest BCUT2D eigenvalue weighted by Crippen LogP contribution is -2.40. The van der Waals surface area contributed by atoms with Crippen LogP contribution in [0.1, 0.15) is 39.0 Å². The van der Waals surface area contributed by atoms with Crippen molar-refractivity contribution in [1.29, 1.82) is 0 Å². The van der Waals surface area contributed by atoms with Gasteiger partial charge in [-0.1, -0.05) is 6.92 Å². The molecular weight excluding hydrogens is 200 g/mol. The number of hydrogen-bond donors (Lipinski definition) is 1. The van der Waals surface area contributed by atoms with E-state index in [0.717, 1.165) is 38.5 Å². The summed E-state index contributed by atoms with van der Waals surface area (Å²) in [5.74, 6) is 1.78. The van der Waals surface area contributed by atoms with E-state index in [4.69, 9.17) is 0 Å². The SMILES string of the molecule is CC1CCN(C(=O)CC2CCCNC2)CC1. The maximum Gasteiger partial charge on any atom is 0.222 e. The van der Waals surface area contributed by atoms with Gasteiger partial charge in [0.2, 0.25) is 5.91 Å². The average Bonchev–Trinajstić information content (AvgIpc) is 2.31. The zero-order valence-corrected chi connectivity index (χ0v) is 10.4. The van der Waals surface area contributed by atoms with Crippen LogP contribution in [-0.2, 0) is 4.79 Å². The fourth-order valence-corrected chi connectivity index (χ4v) is 2.73. The lowest BCUT2D eigenvalue weighted by Gasteiger charge is -2.32. The number of nitrogens with zero attached hydrogens (tertiary/aromatic N) is 1. The molecule has 0 aliphatic carbocycles. The number of carbonyl (C=O) groups is 1. The molecule has 0 radical (unpaired) electrons. The topological polar surface area (TPSA) is 32.3 Å². The minimum absolute atomic E-state index is 0.389. The molecule has 3 heteroatoms. The molecule has 2 saturated heterocycles. The van der Waals surface area contributed by atoms with Crippen molar-refractivity contribution in [3.8, 4) is 0 Å². The standard InChI is InChI=1S/C13H24N2O/c1-11-4-7-15(8-5-11)13(16)9-12-3-2-6-14-10-12/h11-12,14H,2-10H2,1H3. The first-order valence-corrected chi connectivity index (χ1v) is 6.74. The van der Waals surface area contributed by atoms with Gasteiger partial charge in [0.15, 0.2) is 0 Å². The Hall–Kier alpha value is -0.570. The van der Waals surface area contributed by atoms with Gasteiger partial charge in [0.25, 0.3) is 0 Å². The van der Waals surface area contributed by atoms with Crippen LogP contribution in [0.4, 0.5) is 0 Å². The van der Waals surface area contributed by atoms with Gasteiger partial charge in [0.1, 0.15) is 0 Å². The number of rotatable bonds is 2. The second-order valence-corrected chi connectivity index (χ2v) is 5.48. The number of nitrogens with one attached hydrogen (secondary N) is 1. The predicted molar refractivity (Wildman–Crippen MR) is 65.2 cm³/mol. The summed E-state index contributed by atoms with van der Waals surface area (Å²) in [4.78, 5) is 14.1. The smallest absolute Gasteiger partial charge is 0.222 e. The van der Waals surface area contributed by atoms with Crippen LogP contribution >= 0.6 is 0 Å². The van der Waals surface area contributed by atoms with Crippen LogP contribution in [0.25, 0.3) is 0 Å². The van der Waals surface area contributed by atoms with Crippen LogP contribution < -0.4 is 5.32 Å². The van der Waals surface area contributed by atoms with E-state index >= 15 is 0 Å². The predicted octanol–water partition coefficient (Wildman–Crippen LogP) is 1.63. The Morgan fingerprint density at radius 3 is 2.69 bits per heavy atom. The number of hydrogen-bond acceptors (Lipinski definition) is 2. The number of likely N-dealkylation sites (tertiary alicyclic amines) is 1. The zero-order valence-electron chi connectivity index (χ0n) is 10.4.